The zero-order valence-electron chi connectivity index (χ0n) is 11.6. The summed E-state index contributed by atoms with van der Waals surface area (Å²) in [6.07, 6.45) is 1.14. The van der Waals surface area contributed by atoms with Crippen LogP contribution in [0.25, 0.3) is 0 Å². The minimum absolute atomic E-state index is 0.0938. The van der Waals surface area contributed by atoms with Crippen LogP contribution in [0.1, 0.15) is 48.0 Å². The topological polar surface area (TPSA) is 41.1 Å². The summed E-state index contributed by atoms with van der Waals surface area (Å²) in [5.41, 5.74) is 0. The third kappa shape index (κ3) is 6.11. The lowest BCUT2D eigenvalue weighted by molar-refractivity contribution is -0.121. The Labute approximate surface area is 100 Å². The molecule has 1 amide bonds. The molecule has 0 fully saturated rings. The van der Waals surface area contributed by atoms with Crippen molar-refractivity contribution in [2.45, 2.75) is 60.0 Å². The van der Waals surface area contributed by atoms with Gasteiger partial charge in [0.15, 0.2) is 0 Å². The highest BCUT2D eigenvalue weighted by Crippen LogP contribution is 2.06. The van der Waals surface area contributed by atoms with Crippen molar-refractivity contribution in [1.29, 1.82) is 0 Å². The third-order valence-electron chi connectivity index (χ3n) is 3.47. The van der Waals surface area contributed by atoms with Crippen molar-refractivity contribution in [3.63, 3.8) is 0 Å². The largest absolute Gasteiger partial charge is 0.352 e. The lowest BCUT2D eigenvalue weighted by atomic mass is 10.0. The molecule has 0 aromatic heterocycles. The van der Waals surface area contributed by atoms with Crippen LogP contribution in [0.4, 0.5) is 0 Å². The molecule has 3 atom stereocenters. The molecule has 0 radical (unpaired) electrons. The SMILES string of the molecule is CCC(C)C(C)NCC(=O)NC(C)C(C)C. The molecular weight excluding hydrogens is 200 g/mol. The van der Waals surface area contributed by atoms with E-state index in [1.807, 2.05) is 6.92 Å². The second kappa shape index (κ2) is 7.66. The minimum Gasteiger partial charge on any atom is -0.352 e. The Morgan fingerprint density at radius 3 is 2.06 bits per heavy atom. The van der Waals surface area contributed by atoms with Gasteiger partial charge >= 0.3 is 0 Å². The van der Waals surface area contributed by atoms with Crippen LogP contribution in [0.2, 0.25) is 0 Å². The Morgan fingerprint density at radius 2 is 1.62 bits per heavy atom. The molecule has 3 nitrogen and oxygen atoms in total. The fraction of sp³-hybridized carbons (Fsp3) is 0.923. The second-order valence-corrected chi connectivity index (χ2v) is 5.16. The molecule has 3 unspecified atom stereocenters. The number of nitrogens with one attached hydrogen (secondary N) is 2. The molecular formula is C13H28N2O. The summed E-state index contributed by atoms with van der Waals surface area (Å²) >= 11 is 0. The van der Waals surface area contributed by atoms with E-state index in [0.717, 1.165) is 6.42 Å². The number of hydrogen-bond acceptors (Lipinski definition) is 2. The molecule has 0 aliphatic rings. The molecule has 0 heterocycles. The highest BCUT2D eigenvalue weighted by atomic mass is 16.1. The third-order valence-corrected chi connectivity index (χ3v) is 3.47. The lowest BCUT2D eigenvalue weighted by Crippen LogP contribution is -2.44. The van der Waals surface area contributed by atoms with E-state index in [9.17, 15) is 4.79 Å². The van der Waals surface area contributed by atoms with E-state index in [1.165, 1.54) is 0 Å². The van der Waals surface area contributed by atoms with Crippen LogP contribution in [0.5, 0.6) is 0 Å². The molecule has 0 aromatic rings. The maximum atomic E-state index is 11.6. The lowest BCUT2D eigenvalue weighted by Gasteiger charge is -2.21. The van der Waals surface area contributed by atoms with E-state index in [2.05, 4.69) is 45.3 Å². The van der Waals surface area contributed by atoms with Crippen LogP contribution in [-0.4, -0.2) is 24.5 Å². The second-order valence-electron chi connectivity index (χ2n) is 5.16. The molecule has 3 heteroatoms. The Balaban J connectivity index is 3.81. The highest BCUT2D eigenvalue weighted by Gasteiger charge is 2.13. The van der Waals surface area contributed by atoms with Gasteiger partial charge in [0.25, 0.3) is 0 Å². The first-order valence-corrected chi connectivity index (χ1v) is 6.41. The van der Waals surface area contributed by atoms with E-state index in [0.29, 0.717) is 24.4 Å². The minimum atomic E-state index is 0.0938. The number of carbonyl (C=O) groups is 1. The first-order valence-electron chi connectivity index (χ1n) is 6.41. The standard InChI is InChI=1S/C13H28N2O/c1-7-10(4)12(6)14-8-13(16)15-11(5)9(2)3/h9-12,14H,7-8H2,1-6H3,(H,15,16). The molecule has 0 saturated carbocycles. The summed E-state index contributed by atoms with van der Waals surface area (Å²) in [5.74, 6) is 1.18. The van der Waals surface area contributed by atoms with Gasteiger partial charge in [0.05, 0.1) is 6.54 Å². The summed E-state index contributed by atoms with van der Waals surface area (Å²) in [7, 11) is 0. The fourth-order valence-electron chi connectivity index (χ4n) is 1.28. The van der Waals surface area contributed by atoms with Gasteiger partial charge in [-0.2, -0.15) is 0 Å². The molecule has 0 spiro atoms. The molecule has 96 valence electrons. The molecule has 0 saturated heterocycles. The molecule has 2 N–H and O–H groups in total. The number of rotatable bonds is 7. The van der Waals surface area contributed by atoms with Crippen LogP contribution < -0.4 is 10.6 Å². The average molecular weight is 228 g/mol. The van der Waals surface area contributed by atoms with Crippen molar-refractivity contribution in [2.24, 2.45) is 11.8 Å². The van der Waals surface area contributed by atoms with Crippen LogP contribution in [-0.2, 0) is 4.79 Å². The predicted molar refractivity (Wildman–Crippen MR) is 69.4 cm³/mol. The number of carbonyl (C=O) groups excluding carboxylic acids is 1. The zero-order chi connectivity index (χ0) is 12.7. The van der Waals surface area contributed by atoms with Gasteiger partial charge in [0, 0.05) is 12.1 Å². The van der Waals surface area contributed by atoms with Crippen molar-refractivity contribution in [3.05, 3.63) is 0 Å². The maximum Gasteiger partial charge on any atom is 0.234 e. The van der Waals surface area contributed by atoms with Gasteiger partial charge in [-0.3, -0.25) is 4.79 Å². The van der Waals surface area contributed by atoms with Crippen molar-refractivity contribution in [3.8, 4) is 0 Å². The van der Waals surface area contributed by atoms with Crippen molar-refractivity contribution < 1.29 is 4.79 Å². The quantitative estimate of drug-likeness (QED) is 0.701. The van der Waals surface area contributed by atoms with Crippen molar-refractivity contribution >= 4 is 5.91 Å². The molecule has 16 heavy (non-hydrogen) atoms. The maximum absolute atomic E-state index is 11.6. The Bertz CT molecular complexity index is 204. The van der Waals surface area contributed by atoms with Gasteiger partial charge in [0.2, 0.25) is 5.91 Å². The van der Waals surface area contributed by atoms with Gasteiger partial charge in [-0.1, -0.05) is 34.1 Å². The molecule has 0 aliphatic carbocycles. The molecule has 0 aliphatic heterocycles. The molecule has 0 aromatic carbocycles. The Kier molecular flexibility index (Phi) is 7.39. The van der Waals surface area contributed by atoms with E-state index in [1.54, 1.807) is 0 Å². The number of hydrogen-bond donors (Lipinski definition) is 2. The zero-order valence-corrected chi connectivity index (χ0v) is 11.6. The van der Waals surface area contributed by atoms with Gasteiger partial charge in [-0.15, -0.1) is 0 Å². The first-order chi connectivity index (χ1) is 7.38. The fourth-order valence-corrected chi connectivity index (χ4v) is 1.28. The van der Waals surface area contributed by atoms with Gasteiger partial charge in [-0.25, -0.2) is 0 Å². The monoisotopic (exact) mass is 228 g/mol. The van der Waals surface area contributed by atoms with E-state index >= 15 is 0 Å². The van der Waals surface area contributed by atoms with Gasteiger partial charge in [-0.05, 0) is 25.7 Å². The summed E-state index contributed by atoms with van der Waals surface area (Å²) in [4.78, 5) is 11.6. The summed E-state index contributed by atoms with van der Waals surface area (Å²) in [6, 6.07) is 0.637. The van der Waals surface area contributed by atoms with Crippen LogP contribution in [0.3, 0.4) is 0 Å². The van der Waals surface area contributed by atoms with Gasteiger partial charge < -0.3 is 10.6 Å². The summed E-state index contributed by atoms with van der Waals surface area (Å²) < 4.78 is 0. The normalized spacial score (nSPS) is 16.9. The van der Waals surface area contributed by atoms with Crippen LogP contribution in [0, 0.1) is 11.8 Å². The Morgan fingerprint density at radius 1 is 1.06 bits per heavy atom. The van der Waals surface area contributed by atoms with E-state index in [4.69, 9.17) is 0 Å². The molecule has 0 rings (SSSR count). The van der Waals surface area contributed by atoms with E-state index < -0.39 is 0 Å². The van der Waals surface area contributed by atoms with Gasteiger partial charge in [0.1, 0.15) is 0 Å². The smallest absolute Gasteiger partial charge is 0.234 e. The first kappa shape index (κ1) is 15.4. The van der Waals surface area contributed by atoms with Crippen LogP contribution >= 0.6 is 0 Å². The highest BCUT2D eigenvalue weighted by molar-refractivity contribution is 5.78. The average Bonchev–Trinajstić information content (AvgIpc) is 2.24. The van der Waals surface area contributed by atoms with Crippen LogP contribution in [0.15, 0.2) is 0 Å². The predicted octanol–water partition coefficient (Wildman–Crippen LogP) is 2.17. The van der Waals surface area contributed by atoms with Crippen molar-refractivity contribution in [2.75, 3.05) is 6.54 Å². The summed E-state index contributed by atoms with van der Waals surface area (Å²) in [6.45, 7) is 13.2. The van der Waals surface area contributed by atoms with E-state index in [-0.39, 0.29) is 11.9 Å². The summed E-state index contributed by atoms with van der Waals surface area (Å²) in [5, 5.41) is 6.26. The molecule has 0 bridgehead atoms. The Hall–Kier alpha value is -0.570. The number of amides is 1. The van der Waals surface area contributed by atoms with Crippen molar-refractivity contribution in [1.82, 2.24) is 10.6 Å².